The Morgan fingerprint density at radius 3 is 2.76 bits per heavy atom. The number of halogens is 3. The third-order valence-corrected chi connectivity index (χ3v) is 4.32. The molecule has 0 unspecified atom stereocenters. The number of pyridine rings is 1. The predicted octanol–water partition coefficient (Wildman–Crippen LogP) is 2.57. The molecule has 9 heteroatoms. The first kappa shape index (κ1) is 15.8. The SMILES string of the molecule is Oc1ccc(CN2CCn3c(nnc3C(F)(F)F)C2)c2cccnc12. The van der Waals surface area contributed by atoms with Crippen LogP contribution in [0.5, 0.6) is 5.75 Å². The Kier molecular flexibility index (Phi) is 3.60. The minimum absolute atomic E-state index is 0.104. The highest BCUT2D eigenvalue weighted by Gasteiger charge is 2.39. The van der Waals surface area contributed by atoms with Crippen molar-refractivity contribution in [1.82, 2.24) is 24.6 Å². The average molecular weight is 349 g/mol. The first-order chi connectivity index (χ1) is 11.9. The second-order valence-corrected chi connectivity index (χ2v) is 5.94. The number of alkyl halides is 3. The average Bonchev–Trinajstić information content (AvgIpc) is 3.01. The minimum atomic E-state index is -4.49. The molecule has 130 valence electrons. The van der Waals surface area contributed by atoms with Gasteiger partial charge in [-0.05, 0) is 17.7 Å². The zero-order chi connectivity index (χ0) is 17.6. The Labute approximate surface area is 140 Å². The molecule has 0 spiro atoms. The summed E-state index contributed by atoms with van der Waals surface area (Å²) in [5.74, 6) is -0.534. The van der Waals surface area contributed by atoms with Crippen molar-refractivity contribution < 1.29 is 18.3 Å². The number of fused-ring (bicyclic) bond motifs is 2. The standard InChI is InChI=1S/C16H14F3N5O/c17-16(18,19)15-22-21-13-9-23(6-7-24(13)15)8-10-3-4-12(25)14-11(10)2-1-5-20-14/h1-5,25H,6-9H2. The van der Waals surface area contributed by atoms with Gasteiger partial charge in [-0.25, -0.2) is 0 Å². The summed E-state index contributed by atoms with van der Waals surface area (Å²) in [4.78, 5) is 6.18. The summed E-state index contributed by atoms with van der Waals surface area (Å²) in [6.45, 7) is 1.45. The lowest BCUT2D eigenvalue weighted by Crippen LogP contribution is -2.35. The van der Waals surface area contributed by atoms with Crippen molar-refractivity contribution in [3.8, 4) is 5.75 Å². The minimum Gasteiger partial charge on any atom is -0.506 e. The van der Waals surface area contributed by atoms with Crippen molar-refractivity contribution in [2.24, 2.45) is 0 Å². The second-order valence-electron chi connectivity index (χ2n) is 5.94. The Hall–Kier alpha value is -2.68. The molecule has 3 heterocycles. The van der Waals surface area contributed by atoms with Crippen LogP contribution in [-0.4, -0.2) is 36.3 Å². The van der Waals surface area contributed by atoms with Crippen LogP contribution >= 0.6 is 0 Å². The van der Waals surface area contributed by atoms with E-state index < -0.39 is 12.0 Å². The zero-order valence-corrected chi connectivity index (χ0v) is 13.0. The predicted molar refractivity (Wildman–Crippen MR) is 82.5 cm³/mol. The van der Waals surface area contributed by atoms with E-state index in [1.807, 2.05) is 11.0 Å². The maximum atomic E-state index is 12.9. The Morgan fingerprint density at radius 1 is 1.12 bits per heavy atom. The van der Waals surface area contributed by atoms with Crippen LogP contribution < -0.4 is 0 Å². The topological polar surface area (TPSA) is 67.1 Å². The molecule has 4 rings (SSSR count). The van der Waals surface area contributed by atoms with Crippen molar-refractivity contribution in [3.63, 3.8) is 0 Å². The van der Waals surface area contributed by atoms with Gasteiger partial charge in [-0.1, -0.05) is 12.1 Å². The van der Waals surface area contributed by atoms with Crippen LogP contribution in [-0.2, 0) is 25.8 Å². The molecule has 1 aliphatic rings. The Morgan fingerprint density at radius 2 is 1.96 bits per heavy atom. The number of hydrogen-bond acceptors (Lipinski definition) is 5. The van der Waals surface area contributed by atoms with Crippen molar-refractivity contribution >= 4 is 10.9 Å². The van der Waals surface area contributed by atoms with Gasteiger partial charge >= 0.3 is 6.18 Å². The molecule has 0 atom stereocenters. The summed E-state index contributed by atoms with van der Waals surface area (Å²) >= 11 is 0. The maximum Gasteiger partial charge on any atom is 0.451 e. The van der Waals surface area contributed by atoms with Crippen molar-refractivity contribution in [2.75, 3.05) is 6.54 Å². The van der Waals surface area contributed by atoms with E-state index in [4.69, 9.17) is 0 Å². The molecule has 1 N–H and O–H groups in total. The third kappa shape index (κ3) is 2.80. The van der Waals surface area contributed by atoms with Gasteiger partial charge in [-0.15, -0.1) is 10.2 Å². The third-order valence-electron chi connectivity index (χ3n) is 4.32. The number of nitrogens with zero attached hydrogens (tertiary/aromatic N) is 5. The molecular weight excluding hydrogens is 335 g/mol. The number of phenolic OH excluding ortho intramolecular Hbond substituents is 1. The first-order valence-corrected chi connectivity index (χ1v) is 7.70. The molecular formula is C16H14F3N5O. The highest BCUT2D eigenvalue weighted by molar-refractivity contribution is 5.87. The zero-order valence-electron chi connectivity index (χ0n) is 13.0. The number of hydrogen-bond donors (Lipinski definition) is 1. The molecule has 0 fully saturated rings. The van der Waals surface area contributed by atoms with Gasteiger partial charge in [0.1, 0.15) is 17.1 Å². The lowest BCUT2D eigenvalue weighted by atomic mass is 10.1. The van der Waals surface area contributed by atoms with E-state index in [9.17, 15) is 18.3 Å². The molecule has 0 aliphatic carbocycles. The summed E-state index contributed by atoms with van der Waals surface area (Å²) in [7, 11) is 0. The summed E-state index contributed by atoms with van der Waals surface area (Å²) in [6.07, 6.45) is -2.89. The van der Waals surface area contributed by atoms with Gasteiger partial charge in [-0.2, -0.15) is 13.2 Å². The van der Waals surface area contributed by atoms with E-state index in [1.54, 1.807) is 24.4 Å². The Balaban J connectivity index is 1.60. The summed E-state index contributed by atoms with van der Waals surface area (Å²) in [5.41, 5.74) is 1.46. The van der Waals surface area contributed by atoms with Crippen LogP contribution in [0.1, 0.15) is 17.2 Å². The lowest BCUT2D eigenvalue weighted by molar-refractivity contribution is -0.148. The van der Waals surface area contributed by atoms with E-state index in [0.717, 1.165) is 15.5 Å². The maximum absolute atomic E-state index is 12.9. The normalized spacial score (nSPS) is 15.5. The van der Waals surface area contributed by atoms with E-state index in [0.29, 0.717) is 24.4 Å². The van der Waals surface area contributed by atoms with Crippen LogP contribution in [0.15, 0.2) is 30.5 Å². The van der Waals surface area contributed by atoms with Gasteiger partial charge in [0.2, 0.25) is 5.82 Å². The lowest BCUT2D eigenvalue weighted by Gasteiger charge is -2.28. The second kappa shape index (κ2) is 5.69. The molecule has 6 nitrogen and oxygen atoms in total. The fourth-order valence-electron chi connectivity index (χ4n) is 3.15. The van der Waals surface area contributed by atoms with Gasteiger partial charge in [0.15, 0.2) is 0 Å². The van der Waals surface area contributed by atoms with Crippen molar-refractivity contribution in [3.05, 3.63) is 47.7 Å². The molecule has 25 heavy (non-hydrogen) atoms. The molecule has 3 aromatic rings. The number of phenols is 1. The molecule has 0 bridgehead atoms. The van der Waals surface area contributed by atoms with Crippen LogP contribution in [0.25, 0.3) is 10.9 Å². The largest absolute Gasteiger partial charge is 0.506 e. The number of rotatable bonds is 2. The summed E-state index contributed by atoms with van der Waals surface area (Å²) in [5, 5.41) is 17.7. The van der Waals surface area contributed by atoms with Crippen LogP contribution in [0.3, 0.4) is 0 Å². The fourth-order valence-corrected chi connectivity index (χ4v) is 3.15. The molecule has 0 amide bonds. The van der Waals surface area contributed by atoms with E-state index in [2.05, 4.69) is 15.2 Å². The summed E-state index contributed by atoms with van der Waals surface area (Å²) < 4.78 is 39.8. The molecule has 0 saturated carbocycles. The molecule has 2 aromatic heterocycles. The van der Waals surface area contributed by atoms with Crippen LogP contribution in [0, 0.1) is 0 Å². The van der Waals surface area contributed by atoms with Crippen LogP contribution in [0.4, 0.5) is 13.2 Å². The van der Waals surface area contributed by atoms with Gasteiger partial charge in [0.05, 0.1) is 6.54 Å². The monoisotopic (exact) mass is 349 g/mol. The van der Waals surface area contributed by atoms with E-state index in [-0.39, 0.29) is 18.8 Å². The van der Waals surface area contributed by atoms with E-state index in [1.165, 1.54) is 0 Å². The smallest absolute Gasteiger partial charge is 0.451 e. The quantitative estimate of drug-likeness (QED) is 0.770. The van der Waals surface area contributed by atoms with Gasteiger partial charge in [-0.3, -0.25) is 9.88 Å². The molecule has 0 saturated heterocycles. The molecule has 1 aromatic carbocycles. The summed E-state index contributed by atoms with van der Waals surface area (Å²) in [6, 6.07) is 7.04. The van der Waals surface area contributed by atoms with Gasteiger partial charge < -0.3 is 9.67 Å². The molecule has 1 aliphatic heterocycles. The first-order valence-electron chi connectivity index (χ1n) is 7.70. The van der Waals surface area contributed by atoms with Gasteiger partial charge in [0, 0.05) is 31.2 Å². The highest BCUT2D eigenvalue weighted by Crippen LogP contribution is 2.30. The van der Waals surface area contributed by atoms with Crippen molar-refractivity contribution in [1.29, 1.82) is 0 Å². The van der Waals surface area contributed by atoms with E-state index >= 15 is 0 Å². The van der Waals surface area contributed by atoms with Crippen LogP contribution in [0.2, 0.25) is 0 Å². The highest BCUT2D eigenvalue weighted by atomic mass is 19.4. The number of aromatic nitrogens is 4. The van der Waals surface area contributed by atoms with Crippen molar-refractivity contribution in [2.45, 2.75) is 25.8 Å². The Bertz CT molecular complexity index is 937. The number of benzene rings is 1. The van der Waals surface area contributed by atoms with Gasteiger partial charge in [0.25, 0.3) is 0 Å². The number of aromatic hydroxyl groups is 1. The molecule has 0 radical (unpaired) electrons. The fraction of sp³-hybridized carbons (Fsp3) is 0.312.